The van der Waals surface area contributed by atoms with Crippen molar-refractivity contribution in [2.75, 3.05) is 24.9 Å². The lowest BCUT2D eigenvalue weighted by Gasteiger charge is -2.16. The lowest BCUT2D eigenvalue weighted by atomic mass is 9.98. The van der Waals surface area contributed by atoms with E-state index in [9.17, 15) is 4.79 Å². The van der Waals surface area contributed by atoms with E-state index in [1.165, 1.54) is 11.3 Å². The number of benzene rings is 2. The van der Waals surface area contributed by atoms with Crippen molar-refractivity contribution in [3.8, 4) is 23.0 Å². The number of hydrogen-bond acceptors (Lipinski definition) is 8. The van der Waals surface area contributed by atoms with Gasteiger partial charge in [0.2, 0.25) is 5.13 Å². The van der Waals surface area contributed by atoms with E-state index in [1.54, 1.807) is 26.5 Å². The molecule has 2 aromatic carbocycles. The molecular weight excluding hydrogens is 478 g/mol. The molecule has 2 amide bonds. The summed E-state index contributed by atoms with van der Waals surface area (Å²) >= 11 is 1.36. The molecule has 2 heterocycles. The molecule has 0 spiro atoms. The van der Waals surface area contributed by atoms with Gasteiger partial charge < -0.3 is 19.5 Å². The first-order valence-corrected chi connectivity index (χ1v) is 12.1. The van der Waals surface area contributed by atoms with Crippen molar-refractivity contribution in [2.24, 2.45) is 0 Å². The van der Waals surface area contributed by atoms with Crippen LogP contribution in [0.1, 0.15) is 36.9 Å². The number of fused-ring (bicyclic) bond motifs is 1. The molecule has 2 N–H and O–H groups in total. The highest BCUT2D eigenvalue weighted by atomic mass is 32.1. The summed E-state index contributed by atoms with van der Waals surface area (Å²) < 4.78 is 17.1. The van der Waals surface area contributed by atoms with Gasteiger partial charge >= 0.3 is 6.03 Å². The van der Waals surface area contributed by atoms with E-state index in [2.05, 4.69) is 46.6 Å². The van der Waals surface area contributed by atoms with E-state index < -0.39 is 0 Å². The smallest absolute Gasteiger partial charge is 0.325 e. The van der Waals surface area contributed by atoms with Crippen molar-refractivity contribution in [1.29, 1.82) is 0 Å². The van der Waals surface area contributed by atoms with Crippen LogP contribution in [0.3, 0.4) is 0 Å². The van der Waals surface area contributed by atoms with Crippen molar-refractivity contribution >= 4 is 39.1 Å². The molecule has 0 radical (unpaired) electrons. The first-order chi connectivity index (χ1) is 17.1. The van der Waals surface area contributed by atoms with E-state index in [1.807, 2.05) is 38.1 Å². The Morgan fingerprint density at radius 3 is 2.28 bits per heavy atom. The van der Waals surface area contributed by atoms with Gasteiger partial charge in [-0.1, -0.05) is 32.1 Å². The fourth-order valence-electron chi connectivity index (χ4n) is 3.52. The number of hydrogen-bond donors (Lipinski definition) is 2. The van der Waals surface area contributed by atoms with E-state index in [4.69, 9.17) is 14.2 Å². The highest BCUT2D eigenvalue weighted by Crippen LogP contribution is 2.38. The molecule has 4 aromatic rings. The standard InChI is InChI=1S/C26H29N5O4S/c1-14-15(2)19(35-20-10-11-27-18-13-22(34-7)21(33-6)12-16(18)20)9-8-17(14)28-24(32)29-25-31-30-23(36-25)26(3,4)5/h8-13H,1-7H3,(H2,28,29,31,32). The Hall–Kier alpha value is -3.92. The van der Waals surface area contributed by atoms with Gasteiger partial charge in [-0.15, -0.1) is 10.2 Å². The molecule has 188 valence electrons. The fourth-order valence-corrected chi connectivity index (χ4v) is 4.32. The van der Waals surface area contributed by atoms with Crippen LogP contribution in [0, 0.1) is 13.8 Å². The maximum atomic E-state index is 12.6. The molecule has 0 saturated carbocycles. The first-order valence-electron chi connectivity index (χ1n) is 11.3. The zero-order valence-corrected chi connectivity index (χ0v) is 22.2. The predicted octanol–water partition coefficient (Wildman–Crippen LogP) is 6.45. The molecule has 2 aromatic heterocycles. The largest absolute Gasteiger partial charge is 0.493 e. The number of nitrogens with one attached hydrogen (secondary N) is 2. The van der Waals surface area contributed by atoms with Gasteiger partial charge in [0.05, 0.1) is 19.7 Å². The molecule has 4 rings (SSSR count). The number of nitrogens with zero attached hydrogens (tertiary/aromatic N) is 3. The Morgan fingerprint density at radius 1 is 0.889 bits per heavy atom. The number of carbonyl (C=O) groups excluding carboxylic acids is 1. The average Bonchev–Trinajstić information content (AvgIpc) is 3.32. The third-order valence-electron chi connectivity index (χ3n) is 5.70. The van der Waals surface area contributed by atoms with Gasteiger partial charge in [-0.05, 0) is 49.2 Å². The third kappa shape index (κ3) is 5.18. The van der Waals surface area contributed by atoms with Crippen molar-refractivity contribution < 1.29 is 19.0 Å². The lowest BCUT2D eigenvalue weighted by Crippen LogP contribution is -2.20. The Kier molecular flexibility index (Phi) is 6.98. The number of anilines is 2. The van der Waals surface area contributed by atoms with Crippen LogP contribution in [-0.4, -0.2) is 35.4 Å². The first kappa shape index (κ1) is 25.2. The molecule has 0 saturated heterocycles. The summed E-state index contributed by atoms with van der Waals surface area (Å²) in [5.74, 6) is 2.48. The van der Waals surface area contributed by atoms with Gasteiger partial charge in [0.15, 0.2) is 11.5 Å². The molecule has 0 aliphatic carbocycles. The van der Waals surface area contributed by atoms with Crippen LogP contribution in [0.2, 0.25) is 0 Å². The van der Waals surface area contributed by atoms with Crippen LogP contribution in [0.15, 0.2) is 36.5 Å². The van der Waals surface area contributed by atoms with Crippen molar-refractivity contribution in [1.82, 2.24) is 15.2 Å². The number of methoxy groups -OCH3 is 2. The summed E-state index contributed by atoms with van der Waals surface area (Å²) in [6, 6.07) is 8.71. The van der Waals surface area contributed by atoms with Crippen LogP contribution in [0.5, 0.6) is 23.0 Å². The molecule has 0 fully saturated rings. The molecule has 0 bridgehead atoms. The van der Waals surface area contributed by atoms with E-state index in [-0.39, 0.29) is 11.4 Å². The van der Waals surface area contributed by atoms with Crippen molar-refractivity contribution in [3.05, 3.63) is 52.7 Å². The van der Waals surface area contributed by atoms with E-state index in [0.29, 0.717) is 33.8 Å². The monoisotopic (exact) mass is 507 g/mol. The van der Waals surface area contributed by atoms with Gasteiger partial charge in [-0.2, -0.15) is 0 Å². The van der Waals surface area contributed by atoms with Gasteiger partial charge in [-0.3, -0.25) is 10.3 Å². The summed E-state index contributed by atoms with van der Waals surface area (Å²) in [6.07, 6.45) is 1.69. The topological polar surface area (TPSA) is 107 Å². The number of ether oxygens (including phenoxy) is 3. The Morgan fingerprint density at radius 2 is 1.61 bits per heavy atom. The van der Waals surface area contributed by atoms with Gasteiger partial charge in [0, 0.05) is 28.8 Å². The number of aromatic nitrogens is 3. The van der Waals surface area contributed by atoms with Crippen molar-refractivity contribution in [3.63, 3.8) is 0 Å². The highest BCUT2D eigenvalue weighted by Gasteiger charge is 2.20. The second kappa shape index (κ2) is 9.98. The summed E-state index contributed by atoms with van der Waals surface area (Å²) in [5.41, 5.74) is 3.04. The van der Waals surface area contributed by atoms with Crippen LogP contribution < -0.4 is 24.8 Å². The predicted molar refractivity (Wildman–Crippen MR) is 142 cm³/mol. The maximum Gasteiger partial charge on any atom is 0.325 e. The van der Waals surface area contributed by atoms with Crippen LogP contribution in [-0.2, 0) is 5.41 Å². The van der Waals surface area contributed by atoms with Crippen LogP contribution >= 0.6 is 11.3 Å². The summed E-state index contributed by atoms with van der Waals surface area (Å²) in [5, 5.41) is 16.0. The highest BCUT2D eigenvalue weighted by molar-refractivity contribution is 7.15. The maximum absolute atomic E-state index is 12.6. The lowest BCUT2D eigenvalue weighted by molar-refractivity contribution is 0.262. The number of rotatable bonds is 6. The minimum atomic E-state index is -0.385. The average molecular weight is 508 g/mol. The Bertz CT molecular complexity index is 1430. The molecule has 0 aliphatic rings. The summed E-state index contributed by atoms with van der Waals surface area (Å²) in [4.78, 5) is 17.0. The number of pyridine rings is 1. The number of carbonyl (C=O) groups is 1. The Balaban J connectivity index is 1.54. The SMILES string of the molecule is COc1cc2nccc(Oc3ccc(NC(=O)Nc4nnc(C(C)(C)C)s4)c(C)c3C)c2cc1OC. The van der Waals surface area contributed by atoms with E-state index >= 15 is 0 Å². The minimum Gasteiger partial charge on any atom is -0.493 e. The number of urea groups is 1. The Labute approximate surface area is 213 Å². The van der Waals surface area contributed by atoms with Crippen LogP contribution in [0.4, 0.5) is 15.6 Å². The molecule has 0 unspecified atom stereocenters. The zero-order chi connectivity index (χ0) is 26.0. The molecule has 10 heteroatoms. The summed E-state index contributed by atoms with van der Waals surface area (Å²) in [7, 11) is 3.17. The molecule has 9 nitrogen and oxygen atoms in total. The molecule has 36 heavy (non-hydrogen) atoms. The molecule has 0 aliphatic heterocycles. The third-order valence-corrected chi connectivity index (χ3v) is 6.96. The van der Waals surface area contributed by atoms with Crippen molar-refractivity contribution in [2.45, 2.75) is 40.0 Å². The minimum absolute atomic E-state index is 0.130. The second-order valence-corrected chi connectivity index (χ2v) is 10.2. The second-order valence-electron chi connectivity index (χ2n) is 9.24. The van der Waals surface area contributed by atoms with Gasteiger partial charge in [0.1, 0.15) is 16.5 Å². The van der Waals surface area contributed by atoms with E-state index in [0.717, 1.165) is 27.0 Å². The summed E-state index contributed by atoms with van der Waals surface area (Å²) in [6.45, 7) is 10.0. The van der Waals surface area contributed by atoms with Crippen LogP contribution in [0.25, 0.3) is 10.9 Å². The fraction of sp³-hybridized carbons (Fsp3) is 0.308. The molecule has 0 atom stereocenters. The normalized spacial score (nSPS) is 11.3. The molecular formula is C26H29N5O4S. The van der Waals surface area contributed by atoms with Gasteiger partial charge in [-0.25, -0.2) is 4.79 Å². The zero-order valence-electron chi connectivity index (χ0n) is 21.3. The quantitative estimate of drug-likeness (QED) is 0.309. The number of amides is 2. The van der Waals surface area contributed by atoms with Gasteiger partial charge in [0.25, 0.3) is 0 Å².